The van der Waals surface area contributed by atoms with E-state index in [0.29, 0.717) is 11.5 Å². The number of nitrogens with zero attached hydrogens (tertiary/aromatic N) is 2. The highest BCUT2D eigenvalue weighted by Gasteiger charge is 2.53. The zero-order valence-electron chi connectivity index (χ0n) is 18.0. The van der Waals surface area contributed by atoms with Gasteiger partial charge in [0.2, 0.25) is 0 Å². The van der Waals surface area contributed by atoms with Crippen LogP contribution in [0.15, 0.2) is 60.7 Å². The van der Waals surface area contributed by atoms with Gasteiger partial charge in [0, 0.05) is 66.4 Å². The zero-order chi connectivity index (χ0) is 21.4. The molecule has 5 heteroatoms. The molecule has 3 aromatic rings. The van der Waals surface area contributed by atoms with Gasteiger partial charge in [0.15, 0.2) is 5.60 Å². The predicted molar refractivity (Wildman–Crippen MR) is 123 cm³/mol. The second kappa shape index (κ2) is 6.28. The van der Waals surface area contributed by atoms with Crippen molar-refractivity contribution in [3.8, 4) is 11.5 Å². The molecule has 0 saturated carbocycles. The molecule has 7 rings (SSSR count). The summed E-state index contributed by atoms with van der Waals surface area (Å²) in [7, 11) is 0. The van der Waals surface area contributed by atoms with Crippen LogP contribution in [0.4, 0.5) is 11.4 Å². The van der Waals surface area contributed by atoms with Gasteiger partial charge in [0.25, 0.3) is 0 Å². The fraction of sp³-hybridized carbons (Fsp3) is 0.296. The number of anilines is 2. The number of rotatable bonds is 2. The molecule has 0 bridgehead atoms. The first kappa shape index (κ1) is 18.1. The molecular formula is C27H24N2O3. The van der Waals surface area contributed by atoms with Crippen LogP contribution in [0.5, 0.6) is 11.5 Å². The summed E-state index contributed by atoms with van der Waals surface area (Å²) in [5.74, 6) is 1.95. The first-order valence-electron chi connectivity index (χ1n) is 11.4. The van der Waals surface area contributed by atoms with Crippen LogP contribution in [0.2, 0.25) is 0 Å². The molecule has 5 nitrogen and oxygen atoms in total. The monoisotopic (exact) mass is 424 g/mol. The molecule has 4 aliphatic rings. The van der Waals surface area contributed by atoms with E-state index in [2.05, 4.69) is 53.1 Å². The average molecular weight is 425 g/mol. The van der Waals surface area contributed by atoms with Gasteiger partial charge in [-0.2, -0.15) is 0 Å². The molecule has 0 amide bonds. The van der Waals surface area contributed by atoms with Crippen LogP contribution in [-0.2, 0) is 10.3 Å². The number of carbonyl (C=O) groups is 1. The Morgan fingerprint density at radius 3 is 2.12 bits per heavy atom. The Hall–Kier alpha value is -3.47. The number of fused-ring (bicyclic) bond motifs is 6. The average Bonchev–Trinajstić information content (AvgIpc) is 3.03. The van der Waals surface area contributed by atoms with Crippen LogP contribution in [0.1, 0.15) is 40.4 Å². The molecule has 0 radical (unpaired) electrons. The summed E-state index contributed by atoms with van der Waals surface area (Å²) in [6, 6.07) is 20.3. The standard InChI is InChI=1S/C27H24N2O3/c1-17-15-29(16-17)19-8-10-23-25(14-19)31-24-13-18(28-11-4-12-28)7-9-22(24)27(23)21-6-3-2-5-20(21)26(30)32-27/h2-3,5-10,13-14,17H,4,11-12,15-16H2,1H3. The van der Waals surface area contributed by atoms with E-state index in [0.717, 1.165) is 65.7 Å². The van der Waals surface area contributed by atoms with E-state index < -0.39 is 5.60 Å². The third-order valence-corrected chi connectivity index (χ3v) is 7.33. The SMILES string of the molecule is CC1CN(c2ccc3c(c2)Oc2cc(N4CCC4)ccc2C32OC(=O)c3ccccc32)C1. The lowest BCUT2D eigenvalue weighted by Crippen LogP contribution is -2.45. The van der Waals surface area contributed by atoms with E-state index in [4.69, 9.17) is 9.47 Å². The lowest BCUT2D eigenvalue weighted by atomic mass is 9.77. The van der Waals surface area contributed by atoms with Crippen molar-refractivity contribution in [3.63, 3.8) is 0 Å². The van der Waals surface area contributed by atoms with Crippen molar-refractivity contribution in [2.24, 2.45) is 5.92 Å². The quantitative estimate of drug-likeness (QED) is 0.546. The van der Waals surface area contributed by atoms with Crippen LogP contribution in [0.3, 0.4) is 0 Å². The van der Waals surface area contributed by atoms with E-state index in [9.17, 15) is 4.79 Å². The molecule has 2 saturated heterocycles. The predicted octanol–water partition coefficient (Wildman–Crippen LogP) is 4.92. The van der Waals surface area contributed by atoms with Crippen molar-refractivity contribution in [2.75, 3.05) is 36.0 Å². The highest BCUT2D eigenvalue weighted by atomic mass is 16.6. The highest BCUT2D eigenvalue weighted by molar-refractivity contribution is 5.97. The Labute approximate surface area is 187 Å². The van der Waals surface area contributed by atoms with Gasteiger partial charge in [-0.05, 0) is 42.7 Å². The van der Waals surface area contributed by atoms with E-state index in [1.54, 1.807) is 0 Å². The molecule has 1 unspecified atom stereocenters. The molecule has 32 heavy (non-hydrogen) atoms. The van der Waals surface area contributed by atoms with E-state index in [1.165, 1.54) is 6.42 Å². The number of esters is 1. The molecule has 160 valence electrons. The molecule has 0 N–H and O–H groups in total. The highest BCUT2D eigenvalue weighted by Crippen LogP contribution is 2.57. The first-order valence-corrected chi connectivity index (χ1v) is 11.4. The summed E-state index contributed by atoms with van der Waals surface area (Å²) < 4.78 is 12.8. The summed E-state index contributed by atoms with van der Waals surface area (Å²) in [6.45, 7) is 6.50. The molecule has 4 heterocycles. The maximum atomic E-state index is 13.0. The second-order valence-corrected chi connectivity index (χ2v) is 9.43. The normalized spacial score (nSPS) is 23.0. The lowest BCUT2D eigenvalue weighted by Gasteiger charge is -2.41. The lowest BCUT2D eigenvalue weighted by molar-refractivity contribution is 0.0224. The molecule has 0 aromatic heterocycles. The molecular weight excluding hydrogens is 400 g/mol. The van der Waals surface area contributed by atoms with Crippen LogP contribution in [-0.4, -0.2) is 32.1 Å². The summed E-state index contributed by atoms with van der Waals surface area (Å²) >= 11 is 0. The summed E-state index contributed by atoms with van der Waals surface area (Å²) in [5, 5.41) is 0. The van der Waals surface area contributed by atoms with Gasteiger partial charge >= 0.3 is 5.97 Å². The molecule has 1 spiro atoms. The van der Waals surface area contributed by atoms with Crippen LogP contribution in [0, 0.1) is 5.92 Å². The number of hydrogen-bond acceptors (Lipinski definition) is 5. The third kappa shape index (κ3) is 2.31. The maximum Gasteiger partial charge on any atom is 0.340 e. The molecule has 4 aliphatic heterocycles. The minimum absolute atomic E-state index is 0.285. The summed E-state index contributed by atoms with van der Waals surface area (Å²) in [5.41, 5.74) is 4.60. The minimum Gasteiger partial charge on any atom is -0.456 e. The number of ether oxygens (including phenoxy) is 2. The van der Waals surface area contributed by atoms with Crippen molar-refractivity contribution < 1.29 is 14.3 Å². The van der Waals surface area contributed by atoms with Gasteiger partial charge in [-0.15, -0.1) is 0 Å². The van der Waals surface area contributed by atoms with Gasteiger partial charge in [0.1, 0.15) is 11.5 Å². The molecule has 1 atom stereocenters. The topological polar surface area (TPSA) is 42.0 Å². The summed E-state index contributed by atoms with van der Waals surface area (Å²) in [4.78, 5) is 17.7. The Bertz CT molecular complexity index is 1280. The van der Waals surface area contributed by atoms with Crippen molar-refractivity contribution in [1.82, 2.24) is 0 Å². The molecule has 0 aliphatic carbocycles. The van der Waals surface area contributed by atoms with Gasteiger partial charge in [-0.25, -0.2) is 4.79 Å². The largest absolute Gasteiger partial charge is 0.456 e. The second-order valence-electron chi connectivity index (χ2n) is 9.43. The van der Waals surface area contributed by atoms with Crippen LogP contribution in [0.25, 0.3) is 0 Å². The maximum absolute atomic E-state index is 13.0. The fourth-order valence-electron chi connectivity index (χ4n) is 5.53. The van der Waals surface area contributed by atoms with E-state index >= 15 is 0 Å². The molecule has 3 aromatic carbocycles. The molecule has 2 fully saturated rings. The fourth-order valence-corrected chi connectivity index (χ4v) is 5.53. The van der Waals surface area contributed by atoms with Gasteiger partial charge in [-0.1, -0.05) is 25.1 Å². The minimum atomic E-state index is -0.981. The van der Waals surface area contributed by atoms with Gasteiger partial charge in [-0.3, -0.25) is 0 Å². The Balaban J connectivity index is 1.44. The zero-order valence-corrected chi connectivity index (χ0v) is 18.0. The van der Waals surface area contributed by atoms with E-state index in [-0.39, 0.29) is 5.97 Å². The van der Waals surface area contributed by atoms with Crippen molar-refractivity contribution in [2.45, 2.75) is 18.9 Å². The first-order chi connectivity index (χ1) is 15.6. The van der Waals surface area contributed by atoms with Crippen molar-refractivity contribution in [3.05, 3.63) is 82.9 Å². The van der Waals surface area contributed by atoms with Crippen molar-refractivity contribution in [1.29, 1.82) is 0 Å². The van der Waals surface area contributed by atoms with Crippen LogP contribution >= 0.6 is 0 Å². The number of carbonyl (C=O) groups excluding carboxylic acids is 1. The Morgan fingerprint density at radius 1 is 0.844 bits per heavy atom. The van der Waals surface area contributed by atoms with Crippen LogP contribution < -0.4 is 14.5 Å². The number of benzene rings is 3. The third-order valence-electron chi connectivity index (χ3n) is 7.33. The smallest absolute Gasteiger partial charge is 0.340 e. The van der Waals surface area contributed by atoms with E-state index in [1.807, 2.05) is 24.3 Å². The van der Waals surface area contributed by atoms with Gasteiger partial charge in [0.05, 0.1) is 5.56 Å². The summed E-state index contributed by atoms with van der Waals surface area (Å²) in [6.07, 6.45) is 1.22. The number of hydrogen-bond donors (Lipinski definition) is 0. The Morgan fingerprint density at radius 2 is 1.50 bits per heavy atom. The van der Waals surface area contributed by atoms with Crippen molar-refractivity contribution >= 4 is 17.3 Å². The van der Waals surface area contributed by atoms with Gasteiger partial charge < -0.3 is 19.3 Å². The Kier molecular flexibility index (Phi) is 3.56.